The minimum Gasteiger partial charge on any atom is -0.338 e. The third-order valence-corrected chi connectivity index (χ3v) is 6.85. The Morgan fingerprint density at radius 3 is 2.41 bits per heavy atom. The van der Waals surface area contributed by atoms with Crippen molar-refractivity contribution >= 4 is 10.0 Å². The number of benzene rings is 2. The first-order chi connectivity index (χ1) is 13.9. The van der Waals surface area contributed by atoms with Crippen LogP contribution in [-0.2, 0) is 16.6 Å². The molecule has 0 bridgehead atoms. The molecule has 0 N–H and O–H groups in total. The fourth-order valence-corrected chi connectivity index (χ4v) is 4.74. The number of aromatic nitrogens is 2. The van der Waals surface area contributed by atoms with Crippen LogP contribution in [0.15, 0.2) is 57.9 Å². The van der Waals surface area contributed by atoms with E-state index in [1.54, 1.807) is 0 Å². The van der Waals surface area contributed by atoms with E-state index >= 15 is 0 Å². The van der Waals surface area contributed by atoms with E-state index in [-0.39, 0.29) is 18.0 Å². The van der Waals surface area contributed by atoms with Gasteiger partial charge >= 0.3 is 0 Å². The Balaban J connectivity index is 1.38. The molecule has 152 valence electrons. The Morgan fingerprint density at radius 2 is 1.72 bits per heavy atom. The molecule has 0 radical (unpaired) electrons. The summed E-state index contributed by atoms with van der Waals surface area (Å²) in [6, 6.07) is 13.3. The summed E-state index contributed by atoms with van der Waals surface area (Å²) in [5.74, 6) is 0.274. The van der Waals surface area contributed by atoms with Gasteiger partial charge in [0.25, 0.3) is 0 Å². The summed E-state index contributed by atoms with van der Waals surface area (Å²) in [5, 5.41) is 4.02. The largest absolute Gasteiger partial charge is 0.338 e. The van der Waals surface area contributed by atoms with Crippen LogP contribution in [0, 0.1) is 12.7 Å². The summed E-state index contributed by atoms with van der Waals surface area (Å²) in [6.45, 7) is 3.99. The molecule has 0 amide bonds. The number of sulfonamides is 1. The third kappa shape index (κ3) is 4.21. The van der Waals surface area contributed by atoms with Crippen LogP contribution < -0.4 is 0 Å². The molecule has 1 aliphatic rings. The quantitative estimate of drug-likeness (QED) is 0.636. The summed E-state index contributed by atoms with van der Waals surface area (Å²) in [7, 11) is -3.84. The first-order valence-electron chi connectivity index (χ1n) is 9.30. The molecule has 0 saturated carbocycles. The number of hydrogen-bond donors (Lipinski definition) is 0. The molecule has 1 aliphatic heterocycles. The van der Waals surface area contributed by atoms with Gasteiger partial charge in [-0.1, -0.05) is 47.1 Å². The molecule has 29 heavy (non-hydrogen) atoms. The Hall–Kier alpha value is -2.62. The molecule has 2 heterocycles. The van der Waals surface area contributed by atoms with Gasteiger partial charge in [0.2, 0.25) is 21.7 Å². The molecule has 0 spiro atoms. The average molecular weight is 416 g/mol. The van der Waals surface area contributed by atoms with Gasteiger partial charge in [-0.2, -0.15) is 9.29 Å². The summed E-state index contributed by atoms with van der Waals surface area (Å²) in [6.07, 6.45) is 0. The van der Waals surface area contributed by atoms with Gasteiger partial charge in [-0.05, 0) is 19.1 Å². The van der Waals surface area contributed by atoms with Crippen LogP contribution >= 0.6 is 0 Å². The summed E-state index contributed by atoms with van der Waals surface area (Å²) < 4.78 is 46.0. The van der Waals surface area contributed by atoms with Crippen LogP contribution in [0.5, 0.6) is 0 Å². The van der Waals surface area contributed by atoms with Crippen LogP contribution in [0.2, 0.25) is 0 Å². The molecule has 0 unspecified atom stereocenters. The molecule has 3 aromatic rings. The number of nitrogens with zero attached hydrogens (tertiary/aromatic N) is 4. The second kappa shape index (κ2) is 8.02. The predicted molar refractivity (Wildman–Crippen MR) is 105 cm³/mol. The molecule has 9 heteroatoms. The highest BCUT2D eigenvalue weighted by atomic mass is 32.2. The van der Waals surface area contributed by atoms with Gasteiger partial charge in [-0.3, -0.25) is 4.90 Å². The van der Waals surface area contributed by atoms with E-state index in [1.165, 1.54) is 22.5 Å². The van der Waals surface area contributed by atoms with Crippen molar-refractivity contribution in [3.63, 3.8) is 0 Å². The van der Waals surface area contributed by atoms with Crippen molar-refractivity contribution < 1.29 is 17.3 Å². The number of piperazine rings is 1. The smallest absolute Gasteiger partial charge is 0.246 e. The lowest BCUT2D eigenvalue weighted by atomic mass is 10.1. The van der Waals surface area contributed by atoms with Crippen LogP contribution in [0.1, 0.15) is 11.5 Å². The molecular weight excluding hydrogens is 395 g/mol. The van der Waals surface area contributed by atoms with Gasteiger partial charge in [0.1, 0.15) is 10.7 Å². The second-order valence-electron chi connectivity index (χ2n) is 6.99. The van der Waals surface area contributed by atoms with Gasteiger partial charge < -0.3 is 4.52 Å². The van der Waals surface area contributed by atoms with Gasteiger partial charge in [-0.25, -0.2) is 12.8 Å². The van der Waals surface area contributed by atoms with Gasteiger partial charge in [0.15, 0.2) is 0 Å². The first-order valence-corrected chi connectivity index (χ1v) is 10.7. The fraction of sp³-hybridized carbons (Fsp3) is 0.300. The lowest BCUT2D eigenvalue weighted by Gasteiger charge is -2.33. The standard InChI is InChI=1S/C20H21FN4O3S/c1-15-6-8-16(9-7-15)20-22-19(28-23-20)14-24-10-12-25(13-11-24)29(26,27)18-5-3-2-4-17(18)21/h2-9H,10-14H2,1H3. The summed E-state index contributed by atoms with van der Waals surface area (Å²) in [5.41, 5.74) is 2.03. The van der Waals surface area contributed by atoms with E-state index in [1.807, 2.05) is 36.1 Å². The van der Waals surface area contributed by atoms with Crippen molar-refractivity contribution in [1.29, 1.82) is 0 Å². The molecule has 1 saturated heterocycles. The van der Waals surface area contributed by atoms with E-state index in [4.69, 9.17) is 4.52 Å². The zero-order valence-electron chi connectivity index (χ0n) is 16.0. The predicted octanol–water partition coefficient (Wildman–Crippen LogP) is 2.69. The van der Waals surface area contributed by atoms with E-state index in [2.05, 4.69) is 10.1 Å². The Bertz CT molecular complexity index is 1090. The normalized spacial score (nSPS) is 16.2. The van der Waals surface area contributed by atoms with E-state index in [0.29, 0.717) is 31.3 Å². The topological polar surface area (TPSA) is 79.5 Å². The van der Waals surface area contributed by atoms with Crippen LogP contribution in [-0.4, -0.2) is 53.9 Å². The Kier molecular flexibility index (Phi) is 5.44. The molecule has 4 rings (SSSR count). The molecular formula is C20H21FN4O3S. The molecule has 2 aromatic carbocycles. The highest BCUT2D eigenvalue weighted by Crippen LogP contribution is 2.21. The number of rotatable bonds is 5. The van der Waals surface area contributed by atoms with Gasteiger partial charge in [0.05, 0.1) is 6.54 Å². The zero-order chi connectivity index (χ0) is 20.4. The highest BCUT2D eigenvalue weighted by Gasteiger charge is 2.30. The monoisotopic (exact) mass is 416 g/mol. The zero-order valence-corrected chi connectivity index (χ0v) is 16.8. The van der Waals surface area contributed by atoms with Crippen molar-refractivity contribution in [2.24, 2.45) is 0 Å². The molecule has 7 nitrogen and oxygen atoms in total. The van der Waals surface area contributed by atoms with Crippen LogP contribution in [0.25, 0.3) is 11.4 Å². The fourth-order valence-electron chi connectivity index (χ4n) is 3.25. The molecule has 1 aromatic heterocycles. The molecule has 0 aliphatic carbocycles. The van der Waals surface area contributed by atoms with Gasteiger partial charge in [-0.15, -0.1) is 0 Å². The number of halogens is 1. The van der Waals surface area contributed by atoms with Crippen molar-refractivity contribution in [3.8, 4) is 11.4 Å². The van der Waals surface area contributed by atoms with Crippen molar-refractivity contribution in [2.45, 2.75) is 18.4 Å². The maximum atomic E-state index is 13.9. The number of hydrogen-bond acceptors (Lipinski definition) is 6. The van der Waals surface area contributed by atoms with Crippen LogP contribution in [0.3, 0.4) is 0 Å². The summed E-state index contributed by atoms with van der Waals surface area (Å²) in [4.78, 5) is 6.19. The second-order valence-corrected chi connectivity index (χ2v) is 8.89. The average Bonchev–Trinajstić information content (AvgIpc) is 3.17. The highest BCUT2D eigenvalue weighted by molar-refractivity contribution is 7.89. The van der Waals surface area contributed by atoms with E-state index < -0.39 is 15.8 Å². The maximum Gasteiger partial charge on any atom is 0.246 e. The third-order valence-electron chi connectivity index (χ3n) is 4.92. The lowest BCUT2D eigenvalue weighted by molar-refractivity contribution is 0.163. The first kappa shape index (κ1) is 19.7. The van der Waals surface area contributed by atoms with Crippen molar-refractivity contribution in [3.05, 3.63) is 65.8 Å². The number of aryl methyl sites for hydroxylation is 1. The Labute approximate surface area is 168 Å². The lowest BCUT2D eigenvalue weighted by Crippen LogP contribution is -2.48. The van der Waals surface area contributed by atoms with E-state index in [0.717, 1.165) is 17.2 Å². The van der Waals surface area contributed by atoms with Crippen molar-refractivity contribution in [1.82, 2.24) is 19.3 Å². The SMILES string of the molecule is Cc1ccc(-c2noc(CN3CCN(S(=O)(=O)c4ccccc4F)CC3)n2)cc1. The maximum absolute atomic E-state index is 13.9. The van der Waals surface area contributed by atoms with E-state index in [9.17, 15) is 12.8 Å². The van der Waals surface area contributed by atoms with Crippen molar-refractivity contribution in [2.75, 3.05) is 26.2 Å². The van der Waals surface area contributed by atoms with Crippen LogP contribution in [0.4, 0.5) is 4.39 Å². The molecule has 1 fully saturated rings. The minimum absolute atomic E-state index is 0.273. The summed E-state index contributed by atoms with van der Waals surface area (Å²) >= 11 is 0. The Morgan fingerprint density at radius 1 is 1.03 bits per heavy atom. The van der Waals surface area contributed by atoms with Gasteiger partial charge in [0, 0.05) is 31.7 Å². The minimum atomic E-state index is -3.84. The molecule has 0 atom stereocenters.